The summed E-state index contributed by atoms with van der Waals surface area (Å²) in [7, 11) is 0. The van der Waals surface area contributed by atoms with Crippen molar-refractivity contribution in [1.82, 2.24) is 0 Å². The summed E-state index contributed by atoms with van der Waals surface area (Å²) in [5.41, 5.74) is 0. The summed E-state index contributed by atoms with van der Waals surface area (Å²) in [6.07, 6.45) is 2.76. The smallest absolute Gasteiger partial charge is 0.0574 e. The van der Waals surface area contributed by atoms with E-state index in [2.05, 4.69) is 13.8 Å². The maximum absolute atomic E-state index is 9.73. The molecule has 1 aliphatic rings. The predicted molar refractivity (Wildman–Crippen MR) is 48.8 cm³/mol. The van der Waals surface area contributed by atoms with E-state index in [9.17, 15) is 5.11 Å². The van der Waals surface area contributed by atoms with E-state index in [1.54, 1.807) is 0 Å². The first-order valence-corrected chi connectivity index (χ1v) is 4.94. The van der Waals surface area contributed by atoms with Gasteiger partial charge in [0, 0.05) is 6.61 Å². The fraction of sp³-hybridized carbons (Fsp3) is 1.00. The summed E-state index contributed by atoms with van der Waals surface area (Å²) in [4.78, 5) is 0. The third kappa shape index (κ3) is 2.20. The Morgan fingerprint density at radius 1 is 1.33 bits per heavy atom. The van der Waals surface area contributed by atoms with E-state index in [0.29, 0.717) is 17.8 Å². The van der Waals surface area contributed by atoms with Crippen molar-refractivity contribution in [2.24, 2.45) is 17.8 Å². The predicted octanol–water partition coefficient (Wildman–Crippen LogP) is 1.41. The Hall–Kier alpha value is -0.0800. The largest absolute Gasteiger partial charge is 0.396 e. The summed E-state index contributed by atoms with van der Waals surface area (Å²) in [5, 5.41) is 18.7. The van der Waals surface area contributed by atoms with Crippen molar-refractivity contribution in [3.05, 3.63) is 0 Å². The Morgan fingerprint density at radius 3 is 2.42 bits per heavy atom. The molecule has 0 unspecified atom stereocenters. The first-order valence-electron chi connectivity index (χ1n) is 4.94. The van der Waals surface area contributed by atoms with Crippen molar-refractivity contribution in [3.63, 3.8) is 0 Å². The summed E-state index contributed by atoms with van der Waals surface area (Å²) in [6, 6.07) is 0. The number of aliphatic hydroxyl groups excluding tert-OH is 2. The highest BCUT2D eigenvalue weighted by Crippen LogP contribution is 2.33. The fourth-order valence-electron chi connectivity index (χ4n) is 2.20. The van der Waals surface area contributed by atoms with Gasteiger partial charge in [-0.1, -0.05) is 13.8 Å². The quantitative estimate of drug-likeness (QED) is 0.661. The van der Waals surface area contributed by atoms with Gasteiger partial charge in [0.2, 0.25) is 0 Å². The molecule has 2 nitrogen and oxygen atoms in total. The minimum atomic E-state index is -0.184. The Bertz CT molecular complexity index is 134. The Kier molecular flexibility index (Phi) is 3.53. The minimum Gasteiger partial charge on any atom is -0.396 e. The molecular weight excluding hydrogens is 152 g/mol. The van der Waals surface area contributed by atoms with Crippen LogP contribution in [-0.2, 0) is 0 Å². The molecule has 3 atom stereocenters. The summed E-state index contributed by atoms with van der Waals surface area (Å²) < 4.78 is 0. The maximum Gasteiger partial charge on any atom is 0.0574 e. The monoisotopic (exact) mass is 172 g/mol. The average Bonchev–Trinajstić information content (AvgIpc) is 2.03. The molecule has 1 fully saturated rings. The molecule has 1 aliphatic carbocycles. The van der Waals surface area contributed by atoms with Gasteiger partial charge in [-0.3, -0.25) is 0 Å². The summed E-state index contributed by atoms with van der Waals surface area (Å²) in [6.45, 7) is 4.56. The lowest BCUT2D eigenvalue weighted by molar-refractivity contribution is 0.00928. The highest BCUT2D eigenvalue weighted by atomic mass is 16.3. The lowest BCUT2D eigenvalue weighted by Gasteiger charge is -2.34. The van der Waals surface area contributed by atoms with E-state index in [1.807, 2.05) is 0 Å². The first-order chi connectivity index (χ1) is 5.65. The molecule has 0 spiro atoms. The average molecular weight is 172 g/mol. The Balaban J connectivity index is 2.42. The van der Waals surface area contributed by atoms with Crippen molar-refractivity contribution in [1.29, 1.82) is 0 Å². The van der Waals surface area contributed by atoms with E-state index < -0.39 is 0 Å². The zero-order valence-electron chi connectivity index (χ0n) is 8.03. The number of hydrogen-bond donors (Lipinski definition) is 2. The van der Waals surface area contributed by atoms with Gasteiger partial charge in [-0.25, -0.2) is 0 Å². The van der Waals surface area contributed by atoms with Gasteiger partial charge in [-0.05, 0) is 37.0 Å². The Labute approximate surface area is 74.6 Å². The SMILES string of the molecule is CC(C)[C@H]1CC[C@H](CO)C[C@@H]1O. The molecule has 0 radical (unpaired) electrons. The molecule has 0 amide bonds. The zero-order chi connectivity index (χ0) is 9.14. The van der Waals surface area contributed by atoms with Gasteiger partial charge in [0.25, 0.3) is 0 Å². The zero-order valence-corrected chi connectivity index (χ0v) is 8.03. The van der Waals surface area contributed by atoms with Gasteiger partial charge in [-0.2, -0.15) is 0 Å². The number of aliphatic hydroxyl groups is 2. The van der Waals surface area contributed by atoms with E-state index in [0.717, 1.165) is 19.3 Å². The molecule has 1 saturated carbocycles. The van der Waals surface area contributed by atoms with Gasteiger partial charge in [0.05, 0.1) is 6.10 Å². The van der Waals surface area contributed by atoms with Crippen LogP contribution < -0.4 is 0 Å². The van der Waals surface area contributed by atoms with Gasteiger partial charge in [0.15, 0.2) is 0 Å². The van der Waals surface area contributed by atoms with Crippen LogP contribution in [0.5, 0.6) is 0 Å². The normalized spacial score (nSPS) is 37.2. The molecule has 0 saturated heterocycles. The van der Waals surface area contributed by atoms with Crippen molar-refractivity contribution >= 4 is 0 Å². The van der Waals surface area contributed by atoms with E-state index in [4.69, 9.17) is 5.11 Å². The first kappa shape index (κ1) is 10.0. The molecular formula is C10H20O2. The van der Waals surface area contributed by atoms with E-state index in [1.165, 1.54) is 0 Å². The van der Waals surface area contributed by atoms with Gasteiger partial charge in [0.1, 0.15) is 0 Å². The molecule has 0 aromatic rings. The molecule has 1 rings (SSSR count). The van der Waals surface area contributed by atoms with Crippen molar-refractivity contribution < 1.29 is 10.2 Å². The van der Waals surface area contributed by atoms with Crippen LogP contribution in [0.1, 0.15) is 33.1 Å². The summed E-state index contributed by atoms with van der Waals surface area (Å²) in [5.74, 6) is 1.36. The fourth-order valence-corrected chi connectivity index (χ4v) is 2.20. The van der Waals surface area contributed by atoms with Crippen molar-refractivity contribution in [3.8, 4) is 0 Å². The standard InChI is InChI=1S/C10H20O2/c1-7(2)9-4-3-8(6-11)5-10(9)12/h7-12H,3-6H2,1-2H3/t8-,9+,10-/m0/s1. The number of rotatable bonds is 2. The molecule has 0 aromatic carbocycles. The maximum atomic E-state index is 9.73. The lowest BCUT2D eigenvalue weighted by Crippen LogP contribution is -2.33. The minimum absolute atomic E-state index is 0.184. The second kappa shape index (κ2) is 4.24. The van der Waals surface area contributed by atoms with Gasteiger partial charge >= 0.3 is 0 Å². The van der Waals surface area contributed by atoms with Crippen LogP contribution in [-0.4, -0.2) is 22.9 Å². The van der Waals surface area contributed by atoms with Gasteiger partial charge < -0.3 is 10.2 Å². The van der Waals surface area contributed by atoms with Crippen LogP contribution in [0.25, 0.3) is 0 Å². The van der Waals surface area contributed by atoms with Crippen LogP contribution in [0.15, 0.2) is 0 Å². The van der Waals surface area contributed by atoms with Crippen LogP contribution in [0.4, 0.5) is 0 Å². The van der Waals surface area contributed by atoms with Crippen LogP contribution >= 0.6 is 0 Å². The second-order valence-electron chi connectivity index (χ2n) is 4.34. The molecule has 0 bridgehead atoms. The molecule has 2 N–H and O–H groups in total. The van der Waals surface area contributed by atoms with Crippen molar-refractivity contribution in [2.75, 3.05) is 6.61 Å². The van der Waals surface area contributed by atoms with Crippen LogP contribution in [0.3, 0.4) is 0 Å². The Morgan fingerprint density at radius 2 is 2.00 bits per heavy atom. The lowest BCUT2D eigenvalue weighted by atomic mass is 9.75. The molecule has 2 heteroatoms. The van der Waals surface area contributed by atoms with E-state index >= 15 is 0 Å². The molecule has 12 heavy (non-hydrogen) atoms. The molecule has 0 aliphatic heterocycles. The van der Waals surface area contributed by atoms with Crippen LogP contribution in [0.2, 0.25) is 0 Å². The molecule has 72 valence electrons. The van der Waals surface area contributed by atoms with Crippen LogP contribution in [0, 0.1) is 17.8 Å². The highest BCUT2D eigenvalue weighted by Gasteiger charge is 2.30. The topological polar surface area (TPSA) is 40.5 Å². The van der Waals surface area contributed by atoms with E-state index in [-0.39, 0.29) is 12.7 Å². The van der Waals surface area contributed by atoms with Crippen molar-refractivity contribution in [2.45, 2.75) is 39.2 Å². The molecule has 0 aromatic heterocycles. The highest BCUT2D eigenvalue weighted by molar-refractivity contribution is 4.80. The van der Waals surface area contributed by atoms with Gasteiger partial charge in [-0.15, -0.1) is 0 Å². The third-order valence-electron chi connectivity index (χ3n) is 3.09. The third-order valence-corrected chi connectivity index (χ3v) is 3.09. The number of hydrogen-bond acceptors (Lipinski definition) is 2. The second-order valence-corrected chi connectivity index (χ2v) is 4.34. The summed E-state index contributed by atoms with van der Waals surface area (Å²) >= 11 is 0. The molecule has 0 heterocycles.